The van der Waals surface area contributed by atoms with Crippen molar-refractivity contribution in [3.63, 3.8) is 0 Å². The number of hydrogen-bond acceptors (Lipinski definition) is 6. The van der Waals surface area contributed by atoms with E-state index >= 15 is 0 Å². The van der Waals surface area contributed by atoms with Crippen molar-refractivity contribution in [3.8, 4) is 5.69 Å². The van der Waals surface area contributed by atoms with Crippen LogP contribution in [0.25, 0.3) is 5.69 Å². The van der Waals surface area contributed by atoms with Crippen molar-refractivity contribution in [1.29, 1.82) is 0 Å². The molecule has 1 aromatic carbocycles. The van der Waals surface area contributed by atoms with Gasteiger partial charge < -0.3 is 10.6 Å². The lowest BCUT2D eigenvalue weighted by Gasteiger charge is -2.08. The fourth-order valence-electron chi connectivity index (χ4n) is 2.24. The molecule has 0 saturated heterocycles. The zero-order valence-electron chi connectivity index (χ0n) is 14.1. The van der Waals surface area contributed by atoms with Gasteiger partial charge >= 0.3 is 6.03 Å². The lowest BCUT2D eigenvalue weighted by molar-refractivity contribution is 0.252. The molecule has 0 bridgehead atoms. The molecule has 2 amide bonds. The average molecular weight is 357 g/mol. The van der Waals surface area contributed by atoms with Crippen LogP contribution in [0.1, 0.15) is 22.0 Å². The molecular formula is C16H19N7OS. The van der Waals surface area contributed by atoms with Gasteiger partial charge in [-0.15, -0.1) is 16.4 Å². The number of hydrogen-bond donors (Lipinski definition) is 2. The van der Waals surface area contributed by atoms with Crippen LogP contribution in [0.5, 0.6) is 0 Å². The molecule has 9 heteroatoms. The molecule has 0 aliphatic carbocycles. The molecule has 0 atom stereocenters. The molecule has 0 aliphatic rings. The Morgan fingerprint density at radius 1 is 1.24 bits per heavy atom. The zero-order chi connectivity index (χ0) is 17.6. The number of nitrogens with zero attached hydrogens (tertiary/aromatic N) is 5. The second kappa shape index (κ2) is 7.84. The molecule has 25 heavy (non-hydrogen) atoms. The number of aryl methyl sites for hydroxylation is 3. The number of anilines is 1. The van der Waals surface area contributed by atoms with Gasteiger partial charge in [0.05, 0.1) is 16.4 Å². The van der Waals surface area contributed by atoms with Crippen LogP contribution in [0, 0.1) is 13.8 Å². The largest absolute Gasteiger partial charge is 0.338 e. The molecule has 3 rings (SSSR count). The first-order valence-corrected chi connectivity index (χ1v) is 8.74. The van der Waals surface area contributed by atoms with E-state index in [1.54, 1.807) is 28.2 Å². The van der Waals surface area contributed by atoms with Crippen LogP contribution in [0.2, 0.25) is 0 Å². The molecule has 0 saturated carbocycles. The van der Waals surface area contributed by atoms with Gasteiger partial charge in [-0.2, -0.15) is 0 Å². The molecule has 2 aromatic heterocycles. The van der Waals surface area contributed by atoms with Crippen LogP contribution in [0.4, 0.5) is 10.5 Å². The first-order chi connectivity index (χ1) is 12.1. The lowest BCUT2D eigenvalue weighted by Crippen LogP contribution is -2.29. The molecule has 0 spiro atoms. The van der Waals surface area contributed by atoms with Crippen molar-refractivity contribution in [2.45, 2.75) is 26.7 Å². The van der Waals surface area contributed by atoms with E-state index in [2.05, 4.69) is 38.1 Å². The van der Waals surface area contributed by atoms with Crippen molar-refractivity contribution >= 4 is 23.1 Å². The maximum atomic E-state index is 11.9. The van der Waals surface area contributed by atoms with Gasteiger partial charge in [-0.25, -0.2) is 14.5 Å². The number of carbonyl (C=O) groups is 1. The Morgan fingerprint density at radius 2 is 2.04 bits per heavy atom. The van der Waals surface area contributed by atoms with Crippen molar-refractivity contribution in [1.82, 2.24) is 30.5 Å². The second-order valence-electron chi connectivity index (χ2n) is 5.53. The highest BCUT2D eigenvalue weighted by atomic mass is 32.1. The fourth-order valence-corrected chi connectivity index (χ4v) is 3.22. The summed E-state index contributed by atoms with van der Waals surface area (Å²) >= 11 is 1.72. The summed E-state index contributed by atoms with van der Waals surface area (Å²) in [6.07, 6.45) is 3.25. The molecule has 2 N–H and O–H groups in total. The van der Waals surface area contributed by atoms with Crippen LogP contribution in [-0.2, 0) is 6.42 Å². The first kappa shape index (κ1) is 17.0. The van der Waals surface area contributed by atoms with Gasteiger partial charge in [-0.3, -0.25) is 0 Å². The van der Waals surface area contributed by atoms with Crippen molar-refractivity contribution < 1.29 is 4.79 Å². The van der Waals surface area contributed by atoms with E-state index in [1.165, 1.54) is 11.2 Å². The Labute approximate surface area is 149 Å². The highest BCUT2D eigenvalue weighted by Crippen LogP contribution is 2.17. The minimum absolute atomic E-state index is 0.221. The Bertz CT molecular complexity index is 807. The van der Waals surface area contributed by atoms with Crippen LogP contribution >= 0.6 is 11.3 Å². The Hall–Kier alpha value is -2.81. The molecule has 0 unspecified atom stereocenters. The van der Waals surface area contributed by atoms with Crippen LogP contribution in [0.3, 0.4) is 0 Å². The maximum Gasteiger partial charge on any atom is 0.319 e. The number of carbonyl (C=O) groups excluding carboxylic acids is 1. The molecule has 130 valence electrons. The zero-order valence-corrected chi connectivity index (χ0v) is 14.9. The molecule has 2 heterocycles. The highest BCUT2D eigenvalue weighted by molar-refractivity contribution is 7.11. The third kappa shape index (κ3) is 4.60. The van der Waals surface area contributed by atoms with Crippen molar-refractivity contribution in [2.75, 3.05) is 11.9 Å². The van der Waals surface area contributed by atoms with E-state index in [9.17, 15) is 4.79 Å². The predicted molar refractivity (Wildman–Crippen MR) is 96.1 cm³/mol. The smallest absolute Gasteiger partial charge is 0.319 e. The number of benzene rings is 1. The average Bonchev–Trinajstić information content (AvgIpc) is 3.23. The fraction of sp³-hybridized carbons (Fsp3) is 0.312. The van der Waals surface area contributed by atoms with Gasteiger partial charge in [0.15, 0.2) is 0 Å². The molecule has 0 fully saturated rings. The van der Waals surface area contributed by atoms with Crippen LogP contribution in [0.15, 0.2) is 30.6 Å². The maximum absolute atomic E-state index is 11.9. The number of aromatic nitrogens is 5. The summed E-state index contributed by atoms with van der Waals surface area (Å²) in [7, 11) is 0. The van der Waals surface area contributed by atoms with Crippen molar-refractivity contribution in [2.24, 2.45) is 0 Å². The summed E-state index contributed by atoms with van der Waals surface area (Å²) in [5.41, 5.74) is 2.63. The van der Waals surface area contributed by atoms with E-state index in [1.807, 2.05) is 19.1 Å². The van der Waals surface area contributed by atoms with E-state index in [-0.39, 0.29) is 6.03 Å². The molecular weight excluding hydrogens is 338 g/mol. The predicted octanol–water partition coefficient (Wildman–Crippen LogP) is 2.49. The molecule has 0 radical (unpaired) electrons. The Kier molecular flexibility index (Phi) is 5.34. The molecule has 8 nitrogen and oxygen atoms in total. The van der Waals surface area contributed by atoms with Gasteiger partial charge in [0.1, 0.15) is 6.33 Å². The number of tetrazole rings is 1. The quantitative estimate of drug-likeness (QED) is 0.661. The summed E-state index contributed by atoms with van der Waals surface area (Å²) in [6, 6.07) is 7.05. The summed E-state index contributed by atoms with van der Waals surface area (Å²) < 4.78 is 1.55. The topological polar surface area (TPSA) is 97.6 Å². The van der Waals surface area contributed by atoms with E-state index in [0.29, 0.717) is 12.2 Å². The number of amides is 2. The standard InChI is InChI=1S/C16H19N7OS/c1-11-12(2)25-15(19-11)4-3-9-17-16(24)20-13-5-7-14(8-6-13)23-10-18-21-22-23/h5-8,10H,3-4,9H2,1-2H3,(H2,17,20,24). The van der Waals surface area contributed by atoms with Crippen LogP contribution in [-0.4, -0.2) is 37.8 Å². The minimum atomic E-state index is -0.221. The first-order valence-electron chi connectivity index (χ1n) is 7.93. The second-order valence-corrected chi connectivity index (χ2v) is 6.82. The highest BCUT2D eigenvalue weighted by Gasteiger charge is 2.05. The Balaban J connectivity index is 1.41. The third-order valence-electron chi connectivity index (χ3n) is 3.66. The Morgan fingerprint density at radius 3 is 2.68 bits per heavy atom. The van der Waals surface area contributed by atoms with Crippen molar-refractivity contribution in [3.05, 3.63) is 46.2 Å². The summed E-state index contributed by atoms with van der Waals surface area (Å²) in [6.45, 7) is 4.70. The van der Waals surface area contributed by atoms with E-state index < -0.39 is 0 Å². The van der Waals surface area contributed by atoms with Gasteiger partial charge in [0.25, 0.3) is 0 Å². The normalized spacial score (nSPS) is 10.6. The number of urea groups is 1. The van der Waals surface area contributed by atoms with E-state index in [4.69, 9.17) is 0 Å². The number of thiazole rings is 1. The number of rotatable bonds is 6. The van der Waals surface area contributed by atoms with E-state index in [0.717, 1.165) is 29.2 Å². The van der Waals surface area contributed by atoms with Gasteiger partial charge in [0, 0.05) is 23.5 Å². The summed E-state index contributed by atoms with van der Waals surface area (Å²) in [5.74, 6) is 0. The van der Waals surface area contributed by atoms with Gasteiger partial charge in [0.2, 0.25) is 0 Å². The lowest BCUT2D eigenvalue weighted by atomic mass is 10.3. The summed E-state index contributed by atoms with van der Waals surface area (Å²) in [5, 5.41) is 17.8. The molecule has 0 aliphatic heterocycles. The number of nitrogens with one attached hydrogen (secondary N) is 2. The molecule has 3 aromatic rings. The third-order valence-corrected chi connectivity index (χ3v) is 4.80. The monoisotopic (exact) mass is 357 g/mol. The SMILES string of the molecule is Cc1nc(CCCNC(=O)Nc2ccc(-n3cnnn3)cc2)sc1C. The van der Waals surface area contributed by atoms with Gasteiger partial charge in [-0.05, 0) is 55.0 Å². The van der Waals surface area contributed by atoms with Gasteiger partial charge in [-0.1, -0.05) is 0 Å². The van der Waals surface area contributed by atoms with Crippen LogP contribution < -0.4 is 10.6 Å². The summed E-state index contributed by atoms with van der Waals surface area (Å²) in [4.78, 5) is 17.7. The minimum Gasteiger partial charge on any atom is -0.338 e.